The molecule has 0 fully saturated rings. The van der Waals surface area contributed by atoms with E-state index in [0.717, 1.165) is 39.6 Å². The van der Waals surface area contributed by atoms with Gasteiger partial charge in [-0.1, -0.05) is 29.8 Å². The summed E-state index contributed by atoms with van der Waals surface area (Å²) in [5.41, 5.74) is 7.00. The summed E-state index contributed by atoms with van der Waals surface area (Å²) < 4.78 is 9.22. The van der Waals surface area contributed by atoms with Crippen molar-refractivity contribution in [3.8, 4) is 17.0 Å². The van der Waals surface area contributed by atoms with Crippen molar-refractivity contribution in [3.63, 3.8) is 0 Å². The molecule has 0 saturated heterocycles. The van der Waals surface area contributed by atoms with E-state index in [-0.39, 0.29) is 5.91 Å². The predicted octanol–water partition coefficient (Wildman–Crippen LogP) is 4.31. The number of fused-ring (bicyclic) bond motifs is 3. The molecular weight excluding hydrogens is 440 g/mol. The maximum Gasteiger partial charge on any atom is 0.220 e. The number of hydrogen-bond acceptors (Lipinski definition) is 5. The van der Waals surface area contributed by atoms with Crippen LogP contribution in [0.1, 0.15) is 35.9 Å². The van der Waals surface area contributed by atoms with Gasteiger partial charge in [-0.15, -0.1) is 10.2 Å². The maximum absolute atomic E-state index is 12.4. The van der Waals surface area contributed by atoms with Gasteiger partial charge >= 0.3 is 0 Å². The molecule has 0 saturated carbocycles. The highest BCUT2D eigenvalue weighted by Crippen LogP contribution is 2.26. The lowest BCUT2D eigenvalue weighted by atomic mass is 10.0. The molecule has 1 N–H and O–H groups in total. The van der Waals surface area contributed by atoms with E-state index in [9.17, 15) is 4.79 Å². The average molecular weight is 469 g/mol. The van der Waals surface area contributed by atoms with Crippen LogP contribution in [0, 0.1) is 13.8 Å². The second-order valence-corrected chi connectivity index (χ2v) is 8.64. The fraction of sp³-hybridized carbons (Fsp3) is 0.259. The topological polar surface area (TPSA) is 85.8 Å². The summed E-state index contributed by atoms with van der Waals surface area (Å²) >= 11 is 0. The Labute approximate surface area is 203 Å². The molecule has 1 amide bonds. The van der Waals surface area contributed by atoms with Gasteiger partial charge in [-0.25, -0.2) is 4.52 Å². The fourth-order valence-corrected chi connectivity index (χ4v) is 4.16. The van der Waals surface area contributed by atoms with Crippen molar-refractivity contribution in [2.45, 2.75) is 40.2 Å². The number of hydrogen-bond donors (Lipinski definition) is 1. The van der Waals surface area contributed by atoms with E-state index in [1.807, 2.05) is 58.6 Å². The first kappa shape index (κ1) is 22.6. The molecule has 2 aromatic carbocycles. The number of amides is 1. The number of aromatic nitrogens is 5. The summed E-state index contributed by atoms with van der Waals surface area (Å²) in [5.74, 6) is 1.54. The van der Waals surface area contributed by atoms with Gasteiger partial charge in [0.05, 0.1) is 12.3 Å². The van der Waals surface area contributed by atoms with Crippen LogP contribution in [-0.4, -0.2) is 36.7 Å². The number of carbonyl (C=O) groups is 1. The lowest BCUT2D eigenvalue weighted by Gasteiger charge is -2.07. The van der Waals surface area contributed by atoms with E-state index < -0.39 is 0 Å². The van der Waals surface area contributed by atoms with E-state index >= 15 is 0 Å². The molecule has 0 aliphatic heterocycles. The van der Waals surface area contributed by atoms with Gasteiger partial charge in [-0.3, -0.25) is 9.20 Å². The number of carbonyl (C=O) groups excluding carboxylic acids is 1. The van der Waals surface area contributed by atoms with Crippen molar-refractivity contribution < 1.29 is 9.53 Å². The van der Waals surface area contributed by atoms with E-state index in [1.54, 1.807) is 0 Å². The highest BCUT2D eigenvalue weighted by atomic mass is 16.5. The van der Waals surface area contributed by atoms with Crippen molar-refractivity contribution in [2.24, 2.45) is 0 Å². The number of aryl methyl sites for hydroxylation is 3. The molecule has 178 valence electrons. The molecule has 8 heteroatoms. The summed E-state index contributed by atoms with van der Waals surface area (Å²) in [6.45, 7) is 7.23. The largest absolute Gasteiger partial charge is 0.494 e. The first-order valence-electron chi connectivity index (χ1n) is 11.8. The highest BCUT2D eigenvalue weighted by molar-refractivity contribution is 5.78. The number of nitrogens with zero attached hydrogens (tertiary/aromatic N) is 5. The van der Waals surface area contributed by atoms with Crippen molar-refractivity contribution in [1.29, 1.82) is 0 Å². The van der Waals surface area contributed by atoms with Crippen LogP contribution in [0.4, 0.5) is 0 Å². The Morgan fingerprint density at radius 3 is 2.66 bits per heavy atom. The van der Waals surface area contributed by atoms with Gasteiger partial charge in [0, 0.05) is 37.3 Å². The van der Waals surface area contributed by atoms with Gasteiger partial charge in [0.25, 0.3) is 0 Å². The van der Waals surface area contributed by atoms with Gasteiger partial charge in [0.1, 0.15) is 17.1 Å². The molecule has 0 atom stereocenters. The van der Waals surface area contributed by atoms with Crippen LogP contribution in [0.2, 0.25) is 0 Å². The molecule has 35 heavy (non-hydrogen) atoms. The Balaban J connectivity index is 1.28. The Morgan fingerprint density at radius 2 is 1.86 bits per heavy atom. The highest BCUT2D eigenvalue weighted by Gasteiger charge is 2.14. The molecule has 0 aliphatic rings. The molecule has 5 rings (SSSR count). The molecule has 8 nitrogen and oxygen atoms in total. The normalized spacial score (nSPS) is 11.3. The monoisotopic (exact) mass is 468 g/mol. The minimum atomic E-state index is -0.0294. The Morgan fingerprint density at radius 1 is 1.03 bits per heavy atom. The molecule has 3 heterocycles. The Kier molecular flexibility index (Phi) is 6.18. The third-order valence-electron chi connectivity index (χ3n) is 6.06. The summed E-state index contributed by atoms with van der Waals surface area (Å²) in [4.78, 5) is 12.4. The molecule has 0 bridgehead atoms. The van der Waals surface area contributed by atoms with Crippen molar-refractivity contribution >= 4 is 17.1 Å². The van der Waals surface area contributed by atoms with Gasteiger partial charge in [0.2, 0.25) is 5.91 Å². The molecule has 0 spiro atoms. The van der Waals surface area contributed by atoms with E-state index in [0.29, 0.717) is 26.0 Å². The van der Waals surface area contributed by atoms with Gasteiger partial charge in [0.15, 0.2) is 5.65 Å². The van der Waals surface area contributed by atoms with Crippen molar-refractivity contribution in [2.75, 3.05) is 6.61 Å². The minimum Gasteiger partial charge on any atom is -0.494 e. The standard InChI is InChI=1S/C27H28N6O2/c1-4-35-21-9-7-20(8-10-21)17-28-26(34)12-11-25-29-30-27-24-16-23(31-33(24)14-13-32(25)27)22-15-18(2)5-6-19(22)3/h5-10,13-16H,4,11-12,17H2,1-3H3,(H,28,34). The molecule has 5 aromatic rings. The van der Waals surface area contributed by atoms with Crippen LogP contribution in [0.25, 0.3) is 22.4 Å². The van der Waals surface area contributed by atoms with Gasteiger partial charge in [-0.05, 0) is 56.2 Å². The second kappa shape index (κ2) is 9.58. The van der Waals surface area contributed by atoms with Crippen LogP contribution in [0.15, 0.2) is 60.9 Å². The smallest absolute Gasteiger partial charge is 0.220 e. The summed E-state index contributed by atoms with van der Waals surface area (Å²) in [6, 6.07) is 16.1. The lowest BCUT2D eigenvalue weighted by Crippen LogP contribution is -2.23. The van der Waals surface area contributed by atoms with Gasteiger partial charge in [-0.2, -0.15) is 5.10 Å². The van der Waals surface area contributed by atoms with E-state index in [2.05, 4.69) is 47.6 Å². The third-order valence-corrected chi connectivity index (χ3v) is 6.06. The SMILES string of the molecule is CCOc1ccc(CNC(=O)CCc2nnc3c4cc(-c5cc(C)ccc5C)nn4ccn23)cc1. The zero-order valence-electron chi connectivity index (χ0n) is 20.2. The van der Waals surface area contributed by atoms with Crippen LogP contribution >= 0.6 is 0 Å². The predicted molar refractivity (Wildman–Crippen MR) is 134 cm³/mol. The zero-order valence-corrected chi connectivity index (χ0v) is 20.2. The van der Waals surface area contributed by atoms with Crippen LogP contribution < -0.4 is 10.1 Å². The summed E-state index contributed by atoms with van der Waals surface area (Å²) in [6.07, 6.45) is 4.62. The quantitative estimate of drug-likeness (QED) is 0.367. The molecular formula is C27H28N6O2. The number of nitrogens with one attached hydrogen (secondary N) is 1. The lowest BCUT2D eigenvalue weighted by molar-refractivity contribution is -0.121. The Bertz CT molecular complexity index is 1500. The first-order valence-corrected chi connectivity index (χ1v) is 11.8. The van der Waals surface area contributed by atoms with Crippen LogP contribution in [0.5, 0.6) is 5.75 Å². The van der Waals surface area contributed by atoms with E-state index in [4.69, 9.17) is 9.84 Å². The van der Waals surface area contributed by atoms with Crippen molar-refractivity contribution in [3.05, 3.63) is 83.4 Å². The third kappa shape index (κ3) is 4.73. The van der Waals surface area contributed by atoms with Crippen LogP contribution in [0.3, 0.4) is 0 Å². The van der Waals surface area contributed by atoms with Crippen molar-refractivity contribution in [1.82, 2.24) is 29.5 Å². The number of rotatable bonds is 8. The summed E-state index contributed by atoms with van der Waals surface area (Å²) in [5, 5.41) is 16.5. The summed E-state index contributed by atoms with van der Waals surface area (Å²) in [7, 11) is 0. The molecule has 0 aliphatic carbocycles. The number of ether oxygens (including phenoxy) is 1. The van der Waals surface area contributed by atoms with Crippen LogP contribution in [-0.2, 0) is 17.8 Å². The average Bonchev–Trinajstić information content (AvgIpc) is 3.48. The Hall–Kier alpha value is -4.20. The van der Waals surface area contributed by atoms with E-state index in [1.165, 1.54) is 11.1 Å². The number of benzene rings is 2. The van der Waals surface area contributed by atoms with Gasteiger partial charge < -0.3 is 10.1 Å². The fourth-order valence-electron chi connectivity index (χ4n) is 4.16. The zero-order chi connectivity index (χ0) is 24.4. The maximum atomic E-state index is 12.4. The minimum absolute atomic E-state index is 0.0294. The molecule has 3 aromatic heterocycles. The second-order valence-electron chi connectivity index (χ2n) is 8.64. The molecule has 0 radical (unpaired) electrons. The first-order chi connectivity index (χ1) is 17.0. The molecule has 0 unspecified atom stereocenters.